The van der Waals surface area contributed by atoms with Crippen LogP contribution in [0.4, 0.5) is 0 Å². The molecule has 0 aliphatic carbocycles. The first kappa shape index (κ1) is 22.1. The fourth-order valence-corrected chi connectivity index (χ4v) is 2.45. The predicted octanol–water partition coefficient (Wildman–Crippen LogP) is 0.560. The number of phenols is 1. The first-order valence-corrected chi connectivity index (χ1v) is 8.99. The largest absolute Gasteiger partial charge is 0.508 e. The molecule has 8 heteroatoms. The van der Waals surface area contributed by atoms with Crippen LogP contribution in [-0.2, 0) is 25.6 Å². The molecule has 1 rings (SSSR count). The Kier molecular flexibility index (Phi) is 10.2. The van der Waals surface area contributed by atoms with E-state index in [2.05, 4.69) is 10.6 Å². The second-order valence-electron chi connectivity index (χ2n) is 6.26. The van der Waals surface area contributed by atoms with Crippen molar-refractivity contribution >= 4 is 24.0 Å². The van der Waals surface area contributed by atoms with E-state index in [9.17, 15) is 24.3 Å². The van der Waals surface area contributed by atoms with Gasteiger partial charge in [0.2, 0.25) is 17.7 Å². The highest BCUT2D eigenvalue weighted by Crippen LogP contribution is 2.11. The van der Waals surface area contributed by atoms with Crippen LogP contribution in [0, 0.1) is 0 Å². The lowest BCUT2D eigenvalue weighted by atomic mass is 10.0. The zero-order valence-electron chi connectivity index (χ0n) is 15.3. The molecule has 0 unspecified atom stereocenters. The van der Waals surface area contributed by atoms with Gasteiger partial charge in [-0.2, -0.15) is 0 Å². The van der Waals surface area contributed by atoms with Crippen molar-refractivity contribution in [1.29, 1.82) is 0 Å². The summed E-state index contributed by atoms with van der Waals surface area (Å²) in [6.45, 7) is 0.374. The zero-order valence-corrected chi connectivity index (χ0v) is 15.3. The Labute approximate surface area is 158 Å². The van der Waals surface area contributed by atoms with E-state index in [1.54, 1.807) is 12.1 Å². The van der Waals surface area contributed by atoms with Gasteiger partial charge in [-0.25, -0.2) is 0 Å². The average molecular weight is 377 g/mol. The van der Waals surface area contributed by atoms with Crippen LogP contribution >= 0.6 is 0 Å². The van der Waals surface area contributed by atoms with Gasteiger partial charge in [-0.15, -0.1) is 0 Å². The van der Waals surface area contributed by atoms with Gasteiger partial charge in [-0.3, -0.25) is 14.4 Å². The third-order valence-corrected chi connectivity index (χ3v) is 3.90. The molecule has 0 aliphatic heterocycles. The molecule has 5 N–H and O–H groups in total. The van der Waals surface area contributed by atoms with Gasteiger partial charge in [0.25, 0.3) is 0 Å². The van der Waals surface area contributed by atoms with E-state index in [-0.39, 0.29) is 42.7 Å². The maximum atomic E-state index is 12.5. The van der Waals surface area contributed by atoms with Crippen molar-refractivity contribution in [2.45, 2.75) is 51.0 Å². The van der Waals surface area contributed by atoms with E-state index in [4.69, 9.17) is 5.73 Å². The number of hydrogen-bond acceptors (Lipinski definition) is 5. The van der Waals surface area contributed by atoms with Crippen molar-refractivity contribution in [2.75, 3.05) is 6.54 Å². The molecular formula is C19H27N3O5. The molecule has 148 valence electrons. The highest BCUT2D eigenvalue weighted by atomic mass is 16.3. The summed E-state index contributed by atoms with van der Waals surface area (Å²) in [4.78, 5) is 45.5. The van der Waals surface area contributed by atoms with Gasteiger partial charge in [0.1, 0.15) is 18.1 Å². The van der Waals surface area contributed by atoms with Crippen LogP contribution in [0.5, 0.6) is 5.75 Å². The maximum absolute atomic E-state index is 12.5. The molecular weight excluding hydrogens is 350 g/mol. The minimum atomic E-state index is -0.769. The summed E-state index contributed by atoms with van der Waals surface area (Å²) < 4.78 is 0. The molecule has 0 radical (unpaired) electrons. The van der Waals surface area contributed by atoms with E-state index in [1.807, 2.05) is 0 Å². The smallest absolute Gasteiger partial charge is 0.242 e. The number of hydrogen-bond donors (Lipinski definition) is 4. The predicted molar refractivity (Wildman–Crippen MR) is 99.7 cm³/mol. The minimum absolute atomic E-state index is 0.118. The third kappa shape index (κ3) is 9.98. The highest BCUT2D eigenvalue weighted by molar-refractivity contribution is 5.87. The van der Waals surface area contributed by atoms with Crippen LogP contribution in [0.1, 0.15) is 44.1 Å². The number of carbonyl (C=O) groups excluding carboxylic acids is 4. The lowest BCUT2D eigenvalue weighted by Gasteiger charge is -2.19. The molecule has 0 heterocycles. The lowest BCUT2D eigenvalue weighted by molar-refractivity contribution is -0.129. The lowest BCUT2D eigenvalue weighted by Crippen LogP contribution is -2.48. The van der Waals surface area contributed by atoms with Gasteiger partial charge >= 0.3 is 0 Å². The molecule has 0 saturated carbocycles. The number of rotatable bonds is 13. The van der Waals surface area contributed by atoms with Crippen LogP contribution in [-0.4, -0.2) is 41.7 Å². The molecule has 27 heavy (non-hydrogen) atoms. The van der Waals surface area contributed by atoms with E-state index >= 15 is 0 Å². The second kappa shape index (κ2) is 12.5. The van der Waals surface area contributed by atoms with Crippen molar-refractivity contribution < 1.29 is 24.3 Å². The van der Waals surface area contributed by atoms with Crippen molar-refractivity contribution in [3.05, 3.63) is 29.8 Å². The summed E-state index contributed by atoms with van der Waals surface area (Å²) in [5.74, 6) is -0.892. The molecule has 0 bridgehead atoms. The van der Waals surface area contributed by atoms with Gasteiger partial charge in [0.05, 0.1) is 0 Å². The standard InChI is InChI=1S/C19H27N3O5/c20-17(25)5-1-3-11-21-19(27)16(22-18(26)6-2-4-12-23)13-14-7-9-15(24)10-8-14/h7-10,12,16,24H,1-6,11,13H2,(H2,20,25)(H,21,27)(H,22,26)/t16-/m0/s1. The molecule has 0 aromatic heterocycles. The number of aromatic hydroxyl groups is 1. The van der Waals surface area contributed by atoms with Crippen LogP contribution in [0.2, 0.25) is 0 Å². The summed E-state index contributed by atoms with van der Waals surface area (Å²) >= 11 is 0. The first-order chi connectivity index (χ1) is 12.9. The number of nitrogens with one attached hydrogen (secondary N) is 2. The average Bonchev–Trinajstić information content (AvgIpc) is 2.62. The molecule has 1 atom stereocenters. The Morgan fingerprint density at radius 1 is 1.07 bits per heavy atom. The van der Waals surface area contributed by atoms with Crippen LogP contribution in [0.25, 0.3) is 0 Å². The van der Waals surface area contributed by atoms with E-state index in [0.717, 1.165) is 11.8 Å². The molecule has 8 nitrogen and oxygen atoms in total. The Morgan fingerprint density at radius 3 is 2.41 bits per heavy atom. The monoisotopic (exact) mass is 377 g/mol. The molecule has 3 amide bonds. The normalized spacial score (nSPS) is 11.4. The van der Waals surface area contributed by atoms with Crippen molar-refractivity contribution in [3.63, 3.8) is 0 Å². The number of nitrogens with two attached hydrogens (primary N) is 1. The number of carbonyl (C=O) groups is 4. The minimum Gasteiger partial charge on any atom is -0.508 e. The SMILES string of the molecule is NC(=O)CCCCNC(=O)[C@H](Cc1ccc(O)cc1)NC(=O)CCCC=O. The number of benzene rings is 1. The fraction of sp³-hybridized carbons (Fsp3) is 0.474. The number of primary amides is 1. The summed E-state index contributed by atoms with van der Waals surface area (Å²) in [5.41, 5.74) is 5.86. The Balaban J connectivity index is 2.60. The molecule has 0 spiro atoms. The van der Waals surface area contributed by atoms with Crippen molar-refractivity contribution in [3.8, 4) is 5.75 Å². The molecule has 0 saturated heterocycles. The Bertz CT molecular complexity index is 631. The van der Waals surface area contributed by atoms with E-state index < -0.39 is 6.04 Å². The number of amides is 3. The fourth-order valence-electron chi connectivity index (χ4n) is 2.45. The molecule has 0 aliphatic rings. The van der Waals surface area contributed by atoms with Crippen LogP contribution in [0.3, 0.4) is 0 Å². The molecule has 0 fully saturated rings. The Hall–Kier alpha value is -2.90. The third-order valence-electron chi connectivity index (χ3n) is 3.90. The molecule has 1 aromatic rings. The van der Waals surface area contributed by atoms with E-state index in [0.29, 0.717) is 32.2 Å². The second-order valence-corrected chi connectivity index (χ2v) is 6.26. The Morgan fingerprint density at radius 2 is 1.78 bits per heavy atom. The van der Waals surface area contributed by atoms with Gasteiger partial charge in [-0.05, 0) is 37.0 Å². The van der Waals surface area contributed by atoms with E-state index in [1.165, 1.54) is 12.1 Å². The molecule has 1 aromatic carbocycles. The van der Waals surface area contributed by atoms with Gasteiger partial charge in [-0.1, -0.05) is 12.1 Å². The van der Waals surface area contributed by atoms with Gasteiger partial charge in [0, 0.05) is 32.2 Å². The maximum Gasteiger partial charge on any atom is 0.242 e. The topological polar surface area (TPSA) is 139 Å². The number of aldehydes is 1. The van der Waals surface area contributed by atoms with Crippen molar-refractivity contribution in [2.24, 2.45) is 5.73 Å². The van der Waals surface area contributed by atoms with Crippen LogP contribution in [0.15, 0.2) is 24.3 Å². The quantitative estimate of drug-likeness (QED) is 0.294. The summed E-state index contributed by atoms with van der Waals surface area (Å²) in [6, 6.07) is 5.62. The van der Waals surface area contributed by atoms with Crippen LogP contribution < -0.4 is 16.4 Å². The van der Waals surface area contributed by atoms with Gasteiger partial charge in [0.15, 0.2) is 0 Å². The summed E-state index contributed by atoms with van der Waals surface area (Å²) in [7, 11) is 0. The highest BCUT2D eigenvalue weighted by Gasteiger charge is 2.20. The summed E-state index contributed by atoms with van der Waals surface area (Å²) in [5, 5.41) is 14.8. The van der Waals surface area contributed by atoms with Crippen molar-refractivity contribution in [1.82, 2.24) is 10.6 Å². The van der Waals surface area contributed by atoms with Gasteiger partial charge < -0.3 is 26.3 Å². The summed E-state index contributed by atoms with van der Waals surface area (Å²) in [6.07, 6.45) is 3.35. The first-order valence-electron chi connectivity index (χ1n) is 8.99. The number of unbranched alkanes of at least 4 members (excludes halogenated alkanes) is 2. The number of phenolic OH excluding ortho intramolecular Hbond substituents is 1. The zero-order chi connectivity index (χ0) is 20.1.